The summed E-state index contributed by atoms with van der Waals surface area (Å²) in [6.07, 6.45) is 0. The molecule has 0 heterocycles. The highest BCUT2D eigenvalue weighted by molar-refractivity contribution is 7.92. The fraction of sp³-hybridized carbons (Fsp3) is 0.571. The first-order valence-corrected chi connectivity index (χ1v) is 7.94. The standard InChI is InChI=1S/C14H23NO2S/c1-5-15-13(12-9-7-6-8-10-12)11-18(16,17)14(2,3)4/h6-10,13,15H,5,11H2,1-4H3. The third-order valence-corrected chi connectivity index (χ3v) is 5.61. The molecular formula is C14H23NO2S. The largest absolute Gasteiger partial charge is 0.309 e. The molecule has 1 unspecified atom stereocenters. The summed E-state index contributed by atoms with van der Waals surface area (Å²) in [6.45, 7) is 7.97. The normalized spacial score (nSPS) is 14.4. The maximum absolute atomic E-state index is 12.3. The Morgan fingerprint density at radius 1 is 1.17 bits per heavy atom. The summed E-state index contributed by atoms with van der Waals surface area (Å²) >= 11 is 0. The average molecular weight is 269 g/mol. The number of rotatable bonds is 5. The first-order valence-electron chi connectivity index (χ1n) is 6.28. The smallest absolute Gasteiger partial charge is 0.157 e. The Bertz CT molecular complexity index is 460. The molecule has 0 aliphatic rings. The summed E-state index contributed by atoms with van der Waals surface area (Å²) in [7, 11) is -3.13. The number of hydrogen-bond acceptors (Lipinski definition) is 3. The van der Waals surface area contributed by atoms with Gasteiger partial charge in [-0.15, -0.1) is 0 Å². The molecule has 0 saturated carbocycles. The van der Waals surface area contributed by atoms with Gasteiger partial charge in [0.15, 0.2) is 9.84 Å². The molecule has 0 bridgehead atoms. The summed E-state index contributed by atoms with van der Waals surface area (Å²) in [5.41, 5.74) is 1.02. The Kier molecular flexibility index (Phi) is 4.93. The highest BCUT2D eigenvalue weighted by Crippen LogP contribution is 2.22. The van der Waals surface area contributed by atoms with Crippen molar-refractivity contribution < 1.29 is 8.42 Å². The average Bonchev–Trinajstić information content (AvgIpc) is 2.28. The molecule has 0 aromatic heterocycles. The van der Waals surface area contributed by atoms with Crippen LogP contribution in [0, 0.1) is 0 Å². The Morgan fingerprint density at radius 2 is 1.72 bits per heavy atom. The van der Waals surface area contributed by atoms with Gasteiger partial charge >= 0.3 is 0 Å². The number of sulfone groups is 1. The lowest BCUT2D eigenvalue weighted by molar-refractivity contribution is 0.533. The summed E-state index contributed by atoms with van der Waals surface area (Å²) in [5, 5.41) is 3.25. The van der Waals surface area contributed by atoms with Crippen molar-refractivity contribution in [1.82, 2.24) is 5.32 Å². The number of benzene rings is 1. The number of hydrogen-bond donors (Lipinski definition) is 1. The second kappa shape index (κ2) is 5.85. The lowest BCUT2D eigenvalue weighted by atomic mass is 10.1. The highest BCUT2D eigenvalue weighted by Gasteiger charge is 2.31. The highest BCUT2D eigenvalue weighted by atomic mass is 32.2. The molecule has 0 aliphatic heterocycles. The summed E-state index contributed by atoms with van der Waals surface area (Å²) in [5.74, 6) is 0.133. The van der Waals surface area contributed by atoms with Gasteiger partial charge in [-0.3, -0.25) is 0 Å². The molecule has 0 spiro atoms. The van der Waals surface area contributed by atoms with Gasteiger partial charge in [0.05, 0.1) is 10.5 Å². The van der Waals surface area contributed by atoms with Crippen molar-refractivity contribution >= 4 is 9.84 Å². The van der Waals surface area contributed by atoms with Gasteiger partial charge in [-0.05, 0) is 32.9 Å². The van der Waals surface area contributed by atoms with Gasteiger partial charge in [0.2, 0.25) is 0 Å². The van der Waals surface area contributed by atoms with E-state index in [0.717, 1.165) is 12.1 Å². The fourth-order valence-corrected chi connectivity index (χ4v) is 2.92. The van der Waals surface area contributed by atoms with Crippen molar-refractivity contribution in [3.63, 3.8) is 0 Å². The van der Waals surface area contributed by atoms with E-state index >= 15 is 0 Å². The quantitative estimate of drug-likeness (QED) is 0.893. The van der Waals surface area contributed by atoms with E-state index < -0.39 is 14.6 Å². The van der Waals surface area contributed by atoms with Gasteiger partial charge in [0.1, 0.15) is 0 Å². The van der Waals surface area contributed by atoms with Crippen molar-refractivity contribution in [3.8, 4) is 0 Å². The van der Waals surface area contributed by atoms with Crippen LogP contribution < -0.4 is 5.32 Å². The van der Waals surface area contributed by atoms with Crippen molar-refractivity contribution in [2.45, 2.75) is 38.5 Å². The zero-order valence-corrected chi connectivity index (χ0v) is 12.4. The maximum Gasteiger partial charge on any atom is 0.157 e. The van der Waals surface area contributed by atoms with E-state index in [1.807, 2.05) is 37.3 Å². The molecule has 1 N–H and O–H groups in total. The Labute approximate surface area is 111 Å². The molecule has 0 radical (unpaired) electrons. The van der Waals surface area contributed by atoms with Crippen molar-refractivity contribution in [2.75, 3.05) is 12.3 Å². The molecule has 1 rings (SSSR count). The van der Waals surface area contributed by atoms with Gasteiger partial charge in [-0.1, -0.05) is 37.3 Å². The van der Waals surface area contributed by atoms with E-state index in [4.69, 9.17) is 0 Å². The Balaban J connectivity index is 2.96. The maximum atomic E-state index is 12.3. The van der Waals surface area contributed by atoms with Crippen LogP contribution in [0.15, 0.2) is 30.3 Å². The predicted octanol–water partition coefficient (Wildman–Crippen LogP) is 2.55. The van der Waals surface area contributed by atoms with Crippen LogP contribution in [0.5, 0.6) is 0 Å². The lowest BCUT2D eigenvalue weighted by Crippen LogP contribution is -2.36. The van der Waals surface area contributed by atoms with Crippen molar-refractivity contribution in [1.29, 1.82) is 0 Å². The molecule has 1 aromatic rings. The zero-order chi connectivity index (χ0) is 13.8. The summed E-state index contributed by atoms with van der Waals surface area (Å²) in [4.78, 5) is 0. The molecule has 18 heavy (non-hydrogen) atoms. The summed E-state index contributed by atoms with van der Waals surface area (Å²) < 4.78 is 23.8. The van der Waals surface area contributed by atoms with E-state index in [-0.39, 0.29) is 11.8 Å². The van der Waals surface area contributed by atoms with Crippen molar-refractivity contribution in [3.05, 3.63) is 35.9 Å². The van der Waals surface area contributed by atoms with E-state index in [1.165, 1.54) is 0 Å². The molecule has 1 atom stereocenters. The molecule has 0 saturated heterocycles. The molecule has 0 amide bonds. The molecular weight excluding hydrogens is 246 g/mol. The second-order valence-electron chi connectivity index (χ2n) is 5.41. The molecule has 4 heteroatoms. The van der Waals surface area contributed by atoms with Crippen LogP contribution in [0.2, 0.25) is 0 Å². The number of nitrogens with one attached hydrogen (secondary N) is 1. The van der Waals surface area contributed by atoms with Gasteiger partial charge in [-0.25, -0.2) is 8.42 Å². The van der Waals surface area contributed by atoms with Crippen LogP contribution in [-0.2, 0) is 9.84 Å². The third kappa shape index (κ3) is 3.82. The fourth-order valence-electron chi connectivity index (χ4n) is 1.67. The van der Waals surface area contributed by atoms with Crippen molar-refractivity contribution in [2.24, 2.45) is 0 Å². The monoisotopic (exact) mass is 269 g/mol. The van der Waals surface area contributed by atoms with Crippen LogP contribution in [0.25, 0.3) is 0 Å². The van der Waals surface area contributed by atoms with E-state index in [1.54, 1.807) is 20.8 Å². The molecule has 0 aliphatic carbocycles. The predicted molar refractivity (Wildman–Crippen MR) is 76.4 cm³/mol. The third-order valence-electron chi connectivity index (χ3n) is 2.97. The second-order valence-corrected chi connectivity index (χ2v) is 8.20. The van der Waals surface area contributed by atoms with Gasteiger partial charge in [-0.2, -0.15) is 0 Å². The lowest BCUT2D eigenvalue weighted by Gasteiger charge is -2.24. The minimum atomic E-state index is -3.13. The van der Waals surface area contributed by atoms with Crippen LogP contribution in [0.3, 0.4) is 0 Å². The van der Waals surface area contributed by atoms with Crippen LogP contribution in [-0.4, -0.2) is 25.5 Å². The minimum absolute atomic E-state index is 0.133. The van der Waals surface area contributed by atoms with Gasteiger partial charge < -0.3 is 5.32 Å². The first kappa shape index (κ1) is 15.2. The molecule has 0 fully saturated rings. The SMILES string of the molecule is CCNC(CS(=O)(=O)C(C)(C)C)c1ccccc1. The van der Waals surface area contributed by atoms with Crippen LogP contribution in [0.1, 0.15) is 39.3 Å². The molecule has 3 nitrogen and oxygen atoms in total. The topological polar surface area (TPSA) is 46.2 Å². The Morgan fingerprint density at radius 3 is 2.17 bits per heavy atom. The molecule has 102 valence electrons. The van der Waals surface area contributed by atoms with E-state index in [0.29, 0.717) is 0 Å². The van der Waals surface area contributed by atoms with E-state index in [2.05, 4.69) is 5.32 Å². The summed E-state index contributed by atoms with van der Waals surface area (Å²) in [6, 6.07) is 9.59. The van der Waals surface area contributed by atoms with E-state index in [9.17, 15) is 8.42 Å². The van der Waals surface area contributed by atoms with Gasteiger partial charge in [0, 0.05) is 6.04 Å². The van der Waals surface area contributed by atoms with Crippen LogP contribution in [0.4, 0.5) is 0 Å². The zero-order valence-electron chi connectivity index (χ0n) is 11.6. The first-order chi connectivity index (χ1) is 8.28. The molecule has 1 aromatic carbocycles. The Hall–Kier alpha value is -0.870. The van der Waals surface area contributed by atoms with Crippen LogP contribution >= 0.6 is 0 Å². The van der Waals surface area contributed by atoms with Gasteiger partial charge in [0.25, 0.3) is 0 Å². The minimum Gasteiger partial charge on any atom is -0.309 e.